The Kier molecular flexibility index (Phi) is 10.9. The van der Waals surface area contributed by atoms with Crippen molar-refractivity contribution < 1.29 is 24.2 Å². The Labute approximate surface area is 224 Å². The molecule has 0 saturated carbocycles. The summed E-state index contributed by atoms with van der Waals surface area (Å²) in [5.41, 5.74) is 1.00. The topological polar surface area (TPSA) is 108 Å². The van der Waals surface area contributed by atoms with Crippen molar-refractivity contribution in [2.45, 2.75) is 65.6 Å². The third-order valence-electron chi connectivity index (χ3n) is 5.47. The van der Waals surface area contributed by atoms with Crippen molar-refractivity contribution in [2.24, 2.45) is 5.92 Å². The molecule has 0 aliphatic heterocycles. The SMILES string of the molecule is Cc1cccc(Cl)c1NC(=O)C(c1ccccc1)N(CCO)C(=O)C(CC(C)C)NC(=O)OC(C)(C)C. The number of amides is 3. The van der Waals surface area contributed by atoms with Gasteiger partial charge in [0.15, 0.2) is 0 Å². The number of nitrogens with zero attached hydrogens (tertiary/aromatic N) is 1. The minimum atomic E-state index is -1.09. The quantitative estimate of drug-likeness (QED) is 0.396. The summed E-state index contributed by atoms with van der Waals surface area (Å²) in [6, 6.07) is 12.0. The van der Waals surface area contributed by atoms with E-state index in [0.717, 1.165) is 5.56 Å². The van der Waals surface area contributed by atoms with Crippen molar-refractivity contribution in [2.75, 3.05) is 18.5 Å². The summed E-state index contributed by atoms with van der Waals surface area (Å²) in [6.07, 6.45) is -0.421. The van der Waals surface area contributed by atoms with E-state index in [-0.39, 0.29) is 19.1 Å². The van der Waals surface area contributed by atoms with Gasteiger partial charge in [-0.25, -0.2) is 4.79 Å². The lowest BCUT2D eigenvalue weighted by molar-refractivity contribution is -0.141. The first-order valence-corrected chi connectivity index (χ1v) is 12.7. The first kappa shape index (κ1) is 30.1. The van der Waals surface area contributed by atoms with E-state index in [9.17, 15) is 19.5 Å². The van der Waals surface area contributed by atoms with Gasteiger partial charge in [-0.2, -0.15) is 0 Å². The fraction of sp³-hybridized carbons (Fsp3) is 0.464. The molecule has 202 valence electrons. The number of hydrogen-bond donors (Lipinski definition) is 3. The highest BCUT2D eigenvalue weighted by atomic mass is 35.5. The van der Waals surface area contributed by atoms with E-state index in [4.69, 9.17) is 16.3 Å². The lowest BCUT2D eigenvalue weighted by Crippen LogP contribution is -2.53. The van der Waals surface area contributed by atoms with Gasteiger partial charge in [-0.15, -0.1) is 0 Å². The lowest BCUT2D eigenvalue weighted by atomic mass is 9.99. The molecule has 0 radical (unpaired) electrons. The third-order valence-corrected chi connectivity index (χ3v) is 5.78. The van der Waals surface area contributed by atoms with Crippen molar-refractivity contribution >= 4 is 35.2 Å². The molecular formula is C28H38ClN3O5. The highest BCUT2D eigenvalue weighted by Crippen LogP contribution is 2.29. The lowest BCUT2D eigenvalue weighted by Gasteiger charge is -2.34. The Morgan fingerprint density at radius 2 is 1.70 bits per heavy atom. The second-order valence-corrected chi connectivity index (χ2v) is 10.7. The van der Waals surface area contributed by atoms with Crippen LogP contribution in [0.3, 0.4) is 0 Å². The average molecular weight is 532 g/mol. The molecule has 37 heavy (non-hydrogen) atoms. The van der Waals surface area contributed by atoms with E-state index in [1.807, 2.05) is 26.8 Å². The van der Waals surface area contributed by atoms with Crippen LogP contribution >= 0.6 is 11.6 Å². The molecule has 0 bridgehead atoms. The van der Waals surface area contributed by atoms with Crippen LogP contribution in [0.1, 0.15) is 58.2 Å². The zero-order chi connectivity index (χ0) is 27.8. The van der Waals surface area contributed by atoms with Gasteiger partial charge < -0.3 is 25.4 Å². The van der Waals surface area contributed by atoms with Crippen LogP contribution in [-0.4, -0.2) is 52.7 Å². The van der Waals surface area contributed by atoms with E-state index < -0.39 is 35.6 Å². The Balaban J connectivity index is 2.49. The van der Waals surface area contributed by atoms with Crippen LogP contribution in [-0.2, 0) is 14.3 Å². The van der Waals surface area contributed by atoms with Crippen LogP contribution in [0.15, 0.2) is 48.5 Å². The van der Waals surface area contributed by atoms with Gasteiger partial charge in [0.05, 0.1) is 17.3 Å². The number of nitrogens with one attached hydrogen (secondary N) is 2. The number of rotatable bonds is 10. The molecule has 2 rings (SSSR count). The van der Waals surface area contributed by atoms with Crippen LogP contribution in [0.2, 0.25) is 5.02 Å². The number of carbonyl (C=O) groups excluding carboxylic acids is 3. The predicted octanol–water partition coefficient (Wildman–Crippen LogP) is 5.09. The Hall–Kier alpha value is -3.10. The fourth-order valence-corrected chi connectivity index (χ4v) is 4.18. The zero-order valence-corrected chi connectivity index (χ0v) is 23.1. The number of hydrogen-bond acceptors (Lipinski definition) is 5. The second-order valence-electron chi connectivity index (χ2n) is 10.3. The summed E-state index contributed by atoms with van der Waals surface area (Å²) in [5, 5.41) is 15.8. The van der Waals surface area contributed by atoms with Crippen LogP contribution in [0.5, 0.6) is 0 Å². The van der Waals surface area contributed by atoms with Crippen molar-refractivity contribution in [3.05, 3.63) is 64.7 Å². The number of para-hydroxylation sites is 1. The van der Waals surface area contributed by atoms with Crippen LogP contribution in [0.25, 0.3) is 0 Å². The molecule has 0 fully saturated rings. The highest BCUT2D eigenvalue weighted by molar-refractivity contribution is 6.34. The molecular weight excluding hydrogens is 494 g/mol. The van der Waals surface area contributed by atoms with Gasteiger partial charge in [0, 0.05) is 6.54 Å². The number of carbonyl (C=O) groups is 3. The molecule has 0 saturated heterocycles. The van der Waals surface area contributed by atoms with Gasteiger partial charge >= 0.3 is 6.09 Å². The Bertz CT molecular complexity index is 1050. The molecule has 2 aromatic carbocycles. The molecule has 0 aliphatic rings. The first-order valence-electron chi connectivity index (χ1n) is 12.4. The minimum absolute atomic E-state index is 0.0506. The van der Waals surface area contributed by atoms with E-state index in [2.05, 4.69) is 10.6 Å². The predicted molar refractivity (Wildman–Crippen MR) is 145 cm³/mol. The average Bonchev–Trinajstić information content (AvgIpc) is 2.79. The number of aliphatic hydroxyl groups is 1. The minimum Gasteiger partial charge on any atom is -0.444 e. The third kappa shape index (κ3) is 9.05. The molecule has 0 heterocycles. The molecule has 9 heteroatoms. The monoisotopic (exact) mass is 531 g/mol. The van der Waals surface area contributed by atoms with Crippen molar-refractivity contribution in [3.8, 4) is 0 Å². The van der Waals surface area contributed by atoms with Crippen LogP contribution < -0.4 is 10.6 Å². The molecule has 0 spiro atoms. The number of benzene rings is 2. The summed E-state index contributed by atoms with van der Waals surface area (Å²) in [5.74, 6) is -0.951. The van der Waals surface area contributed by atoms with Crippen LogP contribution in [0.4, 0.5) is 10.5 Å². The molecule has 3 amide bonds. The normalized spacial score (nSPS) is 13.0. The van der Waals surface area contributed by atoms with E-state index in [1.165, 1.54) is 4.90 Å². The van der Waals surface area contributed by atoms with E-state index in [0.29, 0.717) is 22.7 Å². The number of anilines is 1. The van der Waals surface area contributed by atoms with E-state index >= 15 is 0 Å². The van der Waals surface area contributed by atoms with Crippen molar-refractivity contribution in [1.29, 1.82) is 0 Å². The van der Waals surface area contributed by atoms with Crippen LogP contribution in [0, 0.1) is 12.8 Å². The van der Waals surface area contributed by atoms with Gasteiger partial charge in [0.25, 0.3) is 5.91 Å². The number of ether oxygens (including phenoxy) is 1. The summed E-state index contributed by atoms with van der Waals surface area (Å²) in [7, 11) is 0. The Morgan fingerprint density at radius 1 is 1.05 bits per heavy atom. The summed E-state index contributed by atoms with van der Waals surface area (Å²) in [6.45, 7) is 10.4. The fourth-order valence-electron chi connectivity index (χ4n) is 3.91. The van der Waals surface area contributed by atoms with Crippen molar-refractivity contribution in [3.63, 3.8) is 0 Å². The second kappa shape index (κ2) is 13.4. The number of aryl methyl sites for hydroxylation is 1. The molecule has 2 atom stereocenters. The Morgan fingerprint density at radius 3 is 2.24 bits per heavy atom. The molecule has 0 aliphatic carbocycles. The maximum atomic E-state index is 13.9. The molecule has 2 unspecified atom stereocenters. The number of alkyl carbamates (subject to hydrolysis) is 1. The largest absolute Gasteiger partial charge is 0.444 e. The highest BCUT2D eigenvalue weighted by Gasteiger charge is 2.36. The standard InChI is InChI=1S/C28H38ClN3O5/c1-18(2)17-22(30-27(36)37-28(4,5)6)26(35)32(15-16-33)24(20-12-8-7-9-13-20)25(34)31-23-19(3)11-10-14-21(23)29/h7-14,18,22,24,33H,15-17H2,1-6H3,(H,30,36)(H,31,34). The number of aliphatic hydroxyl groups excluding tert-OH is 1. The van der Waals surface area contributed by atoms with Gasteiger partial charge in [-0.05, 0) is 57.2 Å². The first-order chi connectivity index (χ1) is 17.3. The zero-order valence-electron chi connectivity index (χ0n) is 22.4. The van der Waals surface area contributed by atoms with E-state index in [1.54, 1.807) is 63.2 Å². The molecule has 8 nitrogen and oxygen atoms in total. The summed E-state index contributed by atoms with van der Waals surface area (Å²) >= 11 is 6.35. The smallest absolute Gasteiger partial charge is 0.408 e. The number of halogens is 1. The van der Waals surface area contributed by atoms with Gasteiger partial charge in [0.2, 0.25) is 5.91 Å². The maximum Gasteiger partial charge on any atom is 0.408 e. The molecule has 2 aromatic rings. The van der Waals surface area contributed by atoms with Gasteiger partial charge in [0.1, 0.15) is 17.7 Å². The summed E-state index contributed by atoms with van der Waals surface area (Å²) in [4.78, 5) is 41.5. The molecule has 3 N–H and O–H groups in total. The van der Waals surface area contributed by atoms with Gasteiger partial charge in [-0.1, -0.05) is 67.9 Å². The maximum absolute atomic E-state index is 13.9. The van der Waals surface area contributed by atoms with Crippen molar-refractivity contribution in [1.82, 2.24) is 10.2 Å². The summed E-state index contributed by atoms with van der Waals surface area (Å²) < 4.78 is 5.37. The molecule has 0 aromatic heterocycles. The van der Waals surface area contributed by atoms with Gasteiger partial charge in [-0.3, -0.25) is 9.59 Å².